The Balaban J connectivity index is 3.75. The molecule has 0 bridgehead atoms. The van der Waals surface area contributed by atoms with Gasteiger partial charge < -0.3 is 24.8 Å². The highest BCUT2D eigenvalue weighted by Gasteiger charge is 2.20. The Morgan fingerprint density at radius 3 is 1.83 bits per heavy atom. The minimum atomic E-state index is -1.30. The zero-order valence-electron chi connectivity index (χ0n) is 7.47. The Morgan fingerprint density at radius 2 is 1.50 bits per heavy atom. The quantitative estimate of drug-likeness (QED) is 0.476. The van der Waals surface area contributed by atoms with E-state index in [1.807, 2.05) is 0 Å². The Kier molecular flexibility index (Phi) is 5.36. The summed E-state index contributed by atoms with van der Waals surface area (Å²) in [5, 5.41) is 26.8. The Labute approximate surface area is 71.5 Å². The van der Waals surface area contributed by atoms with Crippen LogP contribution in [0.1, 0.15) is 13.8 Å². The van der Waals surface area contributed by atoms with Gasteiger partial charge in [0.1, 0.15) is 12.2 Å². The molecule has 3 N–H and O–H groups in total. The first-order valence-electron chi connectivity index (χ1n) is 3.71. The molecule has 0 rings (SSSR count). The van der Waals surface area contributed by atoms with Gasteiger partial charge in [-0.15, -0.1) is 0 Å². The lowest BCUT2D eigenvalue weighted by Crippen LogP contribution is -2.36. The Morgan fingerprint density at radius 1 is 1.00 bits per heavy atom. The maximum atomic E-state index is 9.02. The van der Waals surface area contributed by atoms with Crippen molar-refractivity contribution in [3.8, 4) is 0 Å². The van der Waals surface area contributed by atoms with E-state index in [0.717, 1.165) is 0 Å². The molecule has 0 aliphatic heterocycles. The van der Waals surface area contributed by atoms with Gasteiger partial charge in [-0.3, -0.25) is 0 Å². The third-order valence-corrected chi connectivity index (χ3v) is 1.41. The van der Waals surface area contributed by atoms with Crippen molar-refractivity contribution in [3.05, 3.63) is 0 Å². The van der Waals surface area contributed by atoms with Crippen LogP contribution in [0.15, 0.2) is 0 Å². The number of methoxy groups -OCH3 is 1. The summed E-state index contributed by atoms with van der Waals surface area (Å²) in [5.74, 6) is 0. The summed E-state index contributed by atoms with van der Waals surface area (Å²) in [7, 11) is 1.32. The summed E-state index contributed by atoms with van der Waals surface area (Å²) in [6.07, 6.45) is -4.07. The van der Waals surface area contributed by atoms with Gasteiger partial charge in [0.2, 0.25) is 0 Å². The molecule has 0 spiro atoms. The molecule has 4 atom stereocenters. The molecule has 5 heteroatoms. The molecular formula is C7H16O5. The zero-order chi connectivity index (χ0) is 9.72. The van der Waals surface area contributed by atoms with E-state index in [-0.39, 0.29) is 0 Å². The second-order valence-corrected chi connectivity index (χ2v) is 2.60. The van der Waals surface area contributed by atoms with E-state index in [4.69, 9.17) is 20.1 Å². The van der Waals surface area contributed by atoms with Crippen LogP contribution >= 0.6 is 0 Å². The maximum absolute atomic E-state index is 9.02. The summed E-state index contributed by atoms with van der Waals surface area (Å²) in [6, 6.07) is 0. The summed E-state index contributed by atoms with van der Waals surface area (Å²) in [5.41, 5.74) is 0. The van der Waals surface area contributed by atoms with Gasteiger partial charge in [-0.25, -0.2) is 0 Å². The van der Waals surface area contributed by atoms with Crippen molar-refractivity contribution in [2.75, 3.05) is 7.11 Å². The summed E-state index contributed by atoms with van der Waals surface area (Å²) in [6.45, 7) is 2.91. The van der Waals surface area contributed by atoms with Crippen molar-refractivity contribution in [2.45, 2.75) is 38.6 Å². The smallest absolute Gasteiger partial charge is 0.181 e. The Hall–Kier alpha value is -0.200. The van der Waals surface area contributed by atoms with Crippen LogP contribution in [-0.4, -0.2) is 47.2 Å². The molecule has 5 nitrogen and oxygen atoms in total. The highest BCUT2D eigenvalue weighted by Crippen LogP contribution is 2.04. The standard InChI is InChI=1S/C7H16O5/c1-4(8)6(9)12-5(2)7(10)11-3/h4-10H,1-3H3. The molecule has 0 aliphatic carbocycles. The van der Waals surface area contributed by atoms with Gasteiger partial charge in [-0.2, -0.15) is 0 Å². The maximum Gasteiger partial charge on any atom is 0.181 e. The van der Waals surface area contributed by atoms with E-state index in [2.05, 4.69) is 4.74 Å². The normalized spacial score (nSPS) is 21.5. The third kappa shape index (κ3) is 3.99. The first-order chi connectivity index (χ1) is 5.49. The molecular weight excluding hydrogens is 164 g/mol. The van der Waals surface area contributed by atoms with Gasteiger partial charge in [-0.1, -0.05) is 0 Å². The van der Waals surface area contributed by atoms with Gasteiger partial charge in [-0.05, 0) is 13.8 Å². The van der Waals surface area contributed by atoms with E-state index < -0.39 is 24.8 Å². The van der Waals surface area contributed by atoms with E-state index in [0.29, 0.717) is 0 Å². The number of aliphatic hydroxyl groups is 3. The second-order valence-electron chi connectivity index (χ2n) is 2.60. The molecule has 0 aromatic carbocycles. The van der Waals surface area contributed by atoms with Crippen molar-refractivity contribution < 1.29 is 24.8 Å². The average Bonchev–Trinajstić information content (AvgIpc) is 2.02. The molecule has 0 aliphatic rings. The zero-order valence-corrected chi connectivity index (χ0v) is 7.47. The minimum Gasteiger partial charge on any atom is -0.388 e. The lowest BCUT2D eigenvalue weighted by atomic mass is 10.3. The number of hydrogen-bond acceptors (Lipinski definition) is 5. The monoisotopic (exact) mass is 180 g/mol. The molecule has 0 aromatic rings. The highest BCUT2D eigenvalue weighted by molar-refractivity contribution is 4.57. The predicted molar refractivity (Wildman–Crippen MR) is 41.3 cm³/mol. The fourth-order valence-electron chi connectivity index (χ4n) is 0.592. The van der Waals surface area contributed by atoms with Gasteiger partial charge >= 0.3 is 0 Å². The van der Waals surface area contributed by atoms with Crippen molar-refractivity contribution in [1.29, 1.82) is 0 Å². The van der Waals surface area contributed by atoms with Gasteiger partial charge in [0.15, 0.2) is 12.6 Å². The number of aliphatic hydroxyl groups excluding tert-OH is 3. The van der Waals surface area contributed by atoms with Crippen LogP contribution in [0, 0.1) is 0 Å². The lowest BCUT2D eigenvalue weighted by Gasteiger charge is -2.22. The topological polar surface area (TPSA) is 79.2 Å². The highest BCUT2D eigenvalue weighted by atomic mass is 16.7. The summed E-state index contributed by atoms with van der Waals surface area (Å²) < 4.78 is 9.33. The fraction of sp³-hybridized carbons (Fsp3) is 1.00. The average molecular weight is 180 g/mol. The molecule has 0 saturated carbocycles. The van der Waals surface area contributed by atoms with Gasteiger partial charge in [0.25, 0.3) is 0 Å². The third-order valence-electron chi connectivity index (χ3n) is 1.41. The largest absolute Gasteiger partial charge is 0.388 e. The second kappa shape index (κ2) is 5.45. The first kappa shape index (κ1) is 11.8. The van der Waals surface area contributed by atoms with Crippen LogP contribution in [0.25, 0.3) is 0 Å². The SMILES string of the molecule is COC(O)C(C)OC(O)C(C)O. The van der Waals surface area contributed by atoms with Crippen molar-refractivity contribution in [3.63, 3.8) is 0 Å². The molecule has 0 fully saturated rings. The molecule has 0 aromatic heterocycles. The molecule has 0 saturated heterocycles. The number of ether oxygens (including phenoxy) is 2. The van der Waals surface area contributed by atoms with Crippen LogP contribution in [-0.2, 0) is 9.47 Å². The Bertz CT molecular complexity index is 116. The van der Waals surface area contributed by atoms with E-state index in [1.165, 1.54) is 21.0 Å². The molecule has 0 heterocycles. The van der Waals surface area contributed by atoms with E-state index in [9.17, 15) is 0 Å². The van der Waals surface area contributed by atoms with Crippen LogP contribution < -0.4 is 0 Å². The number of rotatable bonds is 5. The van der Waals surface area contributed by atoms with E-state index >= 15 is 0 Å². The van der Waals surface area contributed by atoms with E-state index in [1.54, 1.807) is 0 Å². The van der Waals surface area contributed by atoms with Gasteiger partial charge in [0, 0.05) is 7.11 Å². The summed E-state index contributed by atoms with van der Waals surface area (Å²) >= 11 is 0. The van der Waals surface area contributed by atoms with Crippen LogP contribution in [0.3, 0.4) is 0 Å². The predicted octanol–water partition coefficient (Wildman–Crippen LogP) is -0.944. The molecule has 74 valence electrons. The molecule has 12 heavy (non-hydrogen) atoms. The number of hydrogen-bond donors (Lipinski definition) is 3. The molecule has 4 unspecified atom stereocenters. The minimum absolute atomic E-state index is 0.681. The van der Waals surface area contributed by atoms with Crippen molar-refractivity contribution in [1.82, 2.24) is 0 Å². The summed E-state index contributed by atoms with van der Waals surface area (Å²) in [4.78, 5) is 0. The van der Waals surface area contributed by atoms with Crippen molar-refractivity contribution >= 4 is 0 Å². The van der Waals surface area contributed by atoms with Gasteiger partial charge in [0.05, 0.1) is 0 Å². The van der Waals surface area contributed by atoms with Crippen LogP contribution in [0.2, 0.25) is 0 Å². The molecule has 0 amide bonds. The lowest BCUT2D eigenvalue weighted by molar-refractivity contribution is -0.236. The fourth-order valence-corrected chi connectivity index (χ4v) is 0.592. The van der Waals surface area contributed by atoms with Crippen LogP contribution in [0.4, 0.5) is 0 Å². The van der Waals surface area contributed by atoms with Crippen molar-refractivity contribution in [2.24, 2.45) is 0 Å². The molecule has 0 radical (unpaired) electrons. The first-order valence-corrected chi connectivity index (χ1v) is 3.71. The van der Waals surface area contributed by atoms with Crippen LogP contribution in [0.5, 0.6) is 0 Å².